The van der Waals surface area contributed by atoms with Crippen LogP contribution in [0.3, 0.4) is 0 Å². The first-order valence-corrected chi connectivity index (χ1v) is 41.5. The fraction of sp³-hybridized carbons (Fsp3) is 0.107. The number of nitrogens with zero attached hydrogens (tertiary/aromatic N) is 4. The molecule has 578 valence electrons. The molecule has 8 nitrogen and oxygen atoms in total. The molecule has 120 heavy (non-hydrogen) atoms. The lowest BCUT2D eigenvalue weighted by molar-refractivity contribution is 0.634. The van der Waals surface area contributed by atoms with E-state index in [0.29, 0.717) is 0 Å². The molecule has 0 amide bonds. The van der Waals surface area contributed by atoms with Crippen molar-refractivity contribution < 1.29 is 17.7 Å². The summed E-state index contributed by atoms with van der Waals surface area (Å²) >= 11 is 0. The third-order valence-electron chi connectivity index (χ3n) is 25.4. The number of furan rings is 4. The normalized spacial score (nSPS) is 12.0. The zero-order valence-electron chi connectivity index (χ0n) is 69.3. The predicted octanol–water partition coefficient (Wildman–Crippen LogP) is 33.1. The van der Waals surface area contributed by atoms with Gasteiger partial charge in [-0.2, -0.15) is 0 Å². The van der Waals surface area contributed by atoms with Crippen molar-refractivity contribution in [2.45, 2.75) is 83.1 Å². The number of fused-ring (bicyclic) bond motifs is 18. The minimum absolute atomic E-state index is 0.746. The molecular formula is C112H86N4O4. The van der Waals surface area contributed by atoms with Crippen LogP contribution in [0.1, 0.15) is 66.8 Å². The Bertz CT molecular complexity index is 8030. The molecule has 0 saturated heterocycles. The molecule has 0 spiro atoms. The van der Waals surface area contributed by atoms with Crippen molar-refractivity contribution in [3.8, 4) is 11.1 Å². The monoisotopic (exact) mass is 1550 g/mol. The van der Waals surface area contributed by atoms with Crippen LogP contribution in [0.5, 0.6) is 0 Å². The van der Waals surface area contributed by atoms with E-state index in [1.54, 1.807) is 0 Å². The van der Waals surface area contributed by atoms with Crippen LogP contribution in [0.4, 0.5) is 68.2 Å². The standard InChI is InChI=1S/C112H86N4O4/c1-63-25-28-69(7)100(45-63)115(101-46-64(2)26-29-70(101)8)86-39-35-77-56-95-90-43-44-91-96-57-78-36-40-87(53-83(78)62-108(96)120-112(91)111(90)119-107(95)61-82(77)52-86)116(102-47-65(3)27-30-71(102)9)103-49-73(11)92(48-74(103)12)79-32-31-72(10)104(58-79)114(99-24-18-15-21-68(99)6)85-38-34-76-55-94-89-42-41-88-93-54-75-33-37-84(113(97-22-16-13-19-66(97)4)98-23-17-14-20-67(98)5)50-80(75)59-105(93)117-109(88)110(89)118-106(94)60-81(76)51-85/h13-62H,1-12H3. The van der Waals surface area contributed by atoms with Gasteiger partial charge in [-0.15, -0.1) is 0 Å². The molecule has 0 bridgehead atoms. The van der Waals surface area contributed by atoms with Gasteiger partial charge in [-0.1, -0.05) is 127 Å². The Hall–Kier alpha value is -14.6. The van der Waals surface area contributed by atoms with Gasteiger partial charge >= 0.3 is 0 Å². The number of para-hydroxylation sites is 3. The van der Waals surface area contributed by atoms with Crippen molar-refractivity contribution in [1.29, 1.82) is 0 Å². The molecule has 0 aliphatic heterocycles. The van der Waals surface area contributed by atoms with Gasteiger partial charge in [0.1, 0.15) is 22.3 Å². The second-order valence-corrected chi connectivity index (χ2v) is 33.6. The maximum Gasteiger partial charge on any atom is 0.178 e. The second-order valence-electron chi connectivity index (χ2n) is 33.6. The van der Waals surface area contributed by atoms with Crippen LogP contribution < -0.4 is 19.6 Å². The summed E-state index contributed by atoms with van der Waals surface area (Å²) in [6.07, 6.45) is 0. The molecule has 0 atom stereocenters. The van der Waals surface area contributed by atoms with E-state index >= 15 is 0 Å². The number of benzene rings is 18. The Labute approximate surface area is 696 Å². The van der Waals surface area contributed by atoms with Gasteiger partial charge in [-0.25, -0.2) is 0 Å². The summed E-state index contributed by atoms with van der Waals surface area (Å²) in [4.78, 5) is 9.67. The van der Waals surface area contributed by atoms with E-state index in [1.165, 1.54) is 72.6 Å². The highest BCUT2D eigenvalue weighted by Gasteiger charge is 2.28. The van der Waals surface area contributed by atoms with Crippen LogP contribution in [-0.2, 0) is 0 Å². The zero-order chi connectivity index (χ0) is 81.4. The van der Waals surface area contributed by atoms with Crippen molar-refractivity contribution in [2.24, 2.45) is 0 Å². The molecule has 0 saturated carbocycles. The highest BCUT2D eigenvalue weighted by molar-refractivity contribution is 6.24. The molecule has 0 aliphatic carbocycles. The number of anilines is 12. The molecule has 22 aromatic rings. The third-order valence-corrected chi connectivity index (χ3v) is 25.4. The first-order chi connectivity index (χ1) is 58.3. The minimum Gasteiger partial charge on any atom is -0.452 e. The van der Waals surface area contributed by atoms with Gasteiger partial charge in [-0.05, 0) is 380 Å². The van der Waals surface area contributed by atoms with Crippen LogP contribution in [0.2, 0.25) is 0 Å². The highest BCUT2D eigenvalue weighted by Crippen LogP contribution is 2.51. The van der Waals surface area contributed by atoms with Gasteiger partial charge in [0.2, 0.25) is 0 Å². The molecule has 0 aliphatic rings. The van der Waals surface area contributed by atoms with Gasteiger partial charge in [0.05, 0.1) is 0 Å². The second kappa shape index (κ2) is 27.5. The molecule has 0 fully saturated rings. The van der Waals surface area contributed by atoms with E-state index in [0.717, 1.165) is 204 Å². The smallest absolute Gasteiger partial charge is 0.178 e. The maximum absolute atomic E-state index is 7.04. The summed E-state index contributed by atoms with van der Waals surface area (Å²) in [5.41, 5.74) is 36.2. The van der Waals surface area contributed by atoms with Crippen molar-refractivity contribution in [3.63, 3.8) is 0 Å². The van der Waals surface area contributed by atoms with E-state index in [4.69, 9.17) is 17.7 Å². The van der Waals surface area contributed by atoms with Gasteiger partial charge in [0, 0.05) is 111 Å². The average molecular weight is 1550 g/mol. The Morgan fingerprint density at radius 1 is 0.175 bits per heavy atom. The molecule has 22 rings (SSSR count). The van der Waals surface area contributed by atoms with E-state index in [2.05, 4.69) is 406 Å². The molecule has 0 N–H and O–H groups in total. The SMILES string of the molecule is Cc1ccc(C)c(N(c2ccc3cc4c(cc3c2)oc2c4ccc3c4cc5ccc(N(c6cc(C)ccc6C)c6cc(C)c(-c7ccc(C)c(N(c8ccc9cc%10c(cc9c8)oc8c%10ccc9c%10cc%11ccc(N(c%12ccccc%12C)c%12ccccc%12C)cc%11cc%10oc98)c8ccccc8C)c7)cc6C)cc5cc4oc32)c2cc(C)ccc2C)c1. The van der Waals surface area contributed by atoms with Gasteiger partial charge in [0.25, 0.3) is 0 Å². The van der Waals surface area contributed by atoms with Crippen LogP contribution >= 0.6 is 0 Å². The van der Waals surface area contributed by atoms with Crippen molar-refractivity contribution in [1.82, 2.24) is 0 Å². The third kappa shape index (κ3) is 11.7. The Balaban J connectivity index is 0.598. The first kappa shape index (κ1) is 71.9. The Morgan fingerprint density at radius 2 is 0.450 bits per heavy atom. The fourth-order valence-corrected chi connectivity index (χ4v) is 18.9. The fourth-order valence-electron chi connectivity index (χ4n) is 18.9. The number of aryl methyl sites for hydroxylation is 12. The van der Waals surface area contributed by atoms with Gasteiger partial charge in [-0.3, -0.25) is 0 Å². The lowest BCUT2D eigenvalue weighted by Crippen LogP contribution is -2.14. The summed E-state index contributed by atoms with van der Waals surface area (Å²) in [5.74, 6) is 0. The summed E-state index contributed by atoms with van der Waals surface area (Å²) in [7, 11) is 0. The summed E-state index contributed by atoms with van der Waals surface area (Å²) < 4.78 is 28.0. The Kier molecular flexibility index (Phi) is 16.5. The molecule has 4 heterocycles. The Morgan fingerprint density at radius 3 is 0.775 bits per heavy atom. The molecule has 0 unspecified atom stereocenters. The average Bonchev–Trinajstić information content (AvgIpc) is 1.53. The molecule has 4 aromatic heterocycles. The van der Waals surface area contributed by atoms with Crippen molar-refractivity contribution in [2.75, 3.05) is 19.6 Å². The number of hydrogen-bond acceptors (Lipinski definition) is 8. The molecule has 0 radical (unpaired) electrons. The van der Waals surface area contributed by atoms with E-state index in [-0.39, 0.29) is 0 Å². The predicted molar refractivity (Wildman–Crippen MR) is 507 cm³/mol. The number of rotatable bonds is 13. The van der Waals surface area contributed by atoms with Crippen molar-refractivity contribution >= 4 is 199 Å². The summed E-state index contributed by atoms with van der Waals surface area (Å²) in [6.45, 7) is 26.4. The van der Waals surface area contributed by atoms with Crippen LogP contribution in [0.25, 0.3) is 142 Å². The topological polar surface area (TPSA) is 65.5 Å². The largest absolute Gasteiger partial charge is 0.452 e. The summed E-state index contributed by atoms with van der Waals surface area (Å²) in [5, 5.41) is 17.2. The maximum atomic E-state index is 7.04. The minimum atomic E-state index is 0.746. The van der Waals surface area contributed by atoms with Gasteiger partial charge in [0.15, 0.2) is 22.3 Å². The van der Waals surface area contributed by atoms with Crippen LogP contribution in [0, 0.1) is 83.1 Å². The first-order valence-electron chi connectivity index (χ1n) is 41.5. The van der Waals surface area contributed by atoms with E-state index in [1.807, 2.05) is 0 Å². The lowest BCUT2D eigenvalue weighted by Gasteiger charge is -2.31. The van der Waals surface area contributed by atoms with Crippen LogP contribution in [0.15, 0.2) is 321 Å². The quantitative estimate of drug-likeness (QED) is 0.113. The molecule has 18 aromatic carbocycles. The van der Waals surface area contributed by atoms with E-state index < -0.39 is 0 Å². The zero-order valence-corrected chi connectivity index (χ0v) is 69.3. The van der Waals surface area contributed by atoms with Crippen LogP contribution in [-0.4, -0.2) is 0 Å². The number of hydrogen-bond donors (Lipinski definition) is 0. The highest BCUT2D eigenvalue weighted by atomic mass is 16.4. The molecule has 8 heteroatoms. The lowest BCUT2D eigenvalue weighted by atomic mass is 9.94. The van der Waals surface area contributed by atoms with E-state index in [9.17, 15) is 0 Å². The summed E-state index contributed by atoms with van der Waals surface area (Å²) in [6, 6.07) is 112. The molecular weight excluding hydrogens is 1470 g/mol. The van der Waals surface area contributed by atoms with Crippen molar-refractivity contribution in [3.05, 3.63) is 370 Å². The van der Waals surface area contributed by atoms with Gasteiger partial charge < -0.3 is 37.3 Å².